The van der Waals surface area contributed by atoms with Gasteiger partial charge >= 0.3 is 0 Å². The smallest absolute Gasteiger partial charge is 0.292 e. The molecule has 0 aliphatic heterocycles. The highest BCUT2D eigenvalue weighted by molar-refractivity contribution is 5.31. The quantitative estimate of drug-likeness (QED) is 0.759. The van der Waals surface area contributed by atoms with E-state index in [4.69, 9.17) is 20.0 Å². The minimum atomic E-state index is 0.412. The molecule has 2 aromatic rings. The highest BCUT2D eigenvalue weighted by Gasteiger charge is 2.07. The zero-order valence-electron chi connectivity index (χ0n) is 12.3. The number of nitriles is 2. The number of benzene rings is 2. The lowest BCUT2D eigenvalue weighted by Crippen LogP contribution is -2.04. The summed E-state index contributed by atoms with van der Waals surface area (Å²) in [6.45, 7) is 2.16. The highest BCUT2D eigenvalue weighted by atomic mass is 16.5. The van der Waals surface area contributed by atoms with Crippen LogP contribution in [0.1, 0.15) is 18.1 Å². The second-order valence-electron chi connectivity index (χ2n) is 5.19. The Bertz CT molecular complexity index is 652. The van der Waals surface area contributed by atoms with E-state index in [0.717, 1.165) is 24.0 Å². The number of nitrogens with zero attached hydrogens (tertiary/aromatic N) is 2. The predicted molar refractivity (Wildman–Crippen MR) is 81.9 cm³/mol. The fourth-order valence-electron chi connectivity index (χ4n) is 2.45. The Labute approximate surface area is 130 Å². The average molecular weight is 292 g/mol. The monoisotopic (exact) mass is 292 g/mol. The van der Waals surface area contributed by atoms with Gasteiger partial charge in [-0.25, -0.2) is 0 Å². The van der Waals surface area contributed by atoms with Gasteiger partial charge in [0, 0.05) is 0 Å². The van der Waals surface area contributed by atoms with Gasteiger partial charge < -0.3 is 9.47 Å². The van der Waals surface area contributed by atoms with Crippen molar-refractivity contribution in [3.05, 3.63) is 59.7 Å². The Hall–Kier alpha value is -2.98. The zero-order valence-corrected chi connectivity index (χ0v) is 12.3. The van der Waals surface area contributed by atoms with E-state index in [1.807, 2.05) is 36.4 Å². The van der Waals surface area contributed by atoms with Crippen LogP contribution in [-0.4, -0.2) is 0 Å². The van der Waals surface area contributed by atoms with E-state index < -0.39 is 0 Å². The number of rotatable bonds is 6. The van der Waals surface area contributed by atoms with E-state index in [1.165, 1.54) is 0 Å². The van der Waals surface area contributed by atoms with Gasteiger partial charge in [0.05, 0.1) is 0 Å². The molecule has 0 saturated heterocycles. The topological polar surface area (TPSA) is 66.0 Å². The fourth-order valence-corrected chi connectivity index (χ4v) is 2.45. The third-order valence-corrected chi connectivity index (χ3v) is 3.29. The molecule has 22 heavy (non-hydrogen) atoms. The van der Waals surface area contributed by atoms with Crippen LogP contribution in [0.25, 0.3) is 0 Å². The molecule has 0 fully saturated rings. The molecule has 4 nitrogen and oxygen atoms in total. The summed E-state index contributed by atoms with van der Waals surface area (Å²) in [5.74, 6) is 1.54. The molecular weight excluding hydrogens is 276 g/mol. The van der Waals surface area contributed by atoms with Gasteiger partial charge in [-0.05, 0) is 54.2 Å². The van der Waals surface area contributed by atoms with Crippen molar-refractivity contribution in [2.45, 2.75) is 19.8 Å². The molecule has 0 unspecified atom stereocenters. The lowest BCUT2D eigenvalue weighted by atomic mass is 9.94. The van der Waals surface area contributed by atoms with Crippen molar-refractivity contribution < 1.29 is 9.47 Å². The summed E-state index contributed by atoms with van der Waals surface area (Å²) in [7, 11) is 0. The summed E-state index contributed by atoms with van der Waals surface area (Å²) >= 11 is 0. The first-order chi connectivity index (χ1) is 10.7. The molecule has 0 saturated carbocycles. The standard InChI is InChI=1S/C18H16N2O2/c1-14(8-15-4-2-6-17(10-15)21-12-19)9-16-5-3-7-18(11-16)22-13-20/h2-7,10-11,14H,8-9H2,1H3. The molecule has 2 aromatic carbocycles. The molecule has 0 amide bonds. The van der Waals surface area contributed by atoms with Crippen LogP contribution >= 0.6 is 0 Å². The Morgan fingerprint density at radius 1 is 0.864 bits per heavy atom. The molecule has 0 bridgehead atoms. The van der Waals surface area contributed by atoms with Crippen molar-refractivity contribution in [2.24, 2.45) is 5.92 Å². The molecule has 0 heterocycles. The Morgan fingerprint density at radius 3 is 1.73 bits per heavy atom. The predicted octanol–water partition coefficient (Wildman–Crippen LogP) is 3.83. The zero-order chi connectivity index (χ0) is 15.8. The minimum Gasteiger partial charge on any atom is -0.388 e. The molecule has 2 rings (SSSR count). The first kappa shape index (κ1) is 15.4. The Kier molecular flexibility index (Phi) is 5.40. The van der Waals surface area contributed by atoms with Gasteiger partial charge in [-0.1, -0.05) is 31.2 Å². The first-order valence-electron chi connectivity index (χ1n) is 7.01. The molecular formula is C18H16N2O2. The lowest BCUT2D eigenvalue weighted by Gasteiger charge is -2.12. The van der Waals surface area contributed by atoms with Crippen molar-refractivity contribution in [1.29, 1.82) is 10.5 Å². The summed E-state index contributed by atoms with van der Waals surface area (Å²) < 4.78 is 9.69. The maximum Gasteiger partial charge on any atom is 0.292 e. The van der Waals surface area contributed by atoms with E-state index >= 15 is 0 Å². The van der Waals surface area contributed by atoms with Crippen LogP contribution < -0.4 is 9.47 Å². The maximum absolute atomic E-state index is 8.55. The Morgan fingerprint density at radius 2 is 1.32 bits per heavy atom. The van der Waals surface area contributed by atoms with Crippen LogP contribution in [0.3, 0.4) is 0 Å². The summed E-state index contributed by atoms with van der Waals surface area (Å²) in [5.41, 5.74) is 2.26. The molecule has 0 atom stereocenters. The number of hydrogen-bond donors (Lipinski definition) is 0. The highest BCUT2D eigenvalue weighted by Crippen LogP contribution is 2.20. The van der Waals surface area contributed by atoms with Crippen LogP contribution in [0.4, 0.5) is 0 Å². The van der Waals surface area contributed by atoms with Crippen molar-refractivity contribution in [3.63, 3.8) is 0 Å². The first-order valence-corrected chi connectivity index (χ1v) is 7.01. The van der Waals surface area contributed by atoms with Gasteiger partial charge in [0.25, 0.3) is 12.5 Å². The molecule has 4 heteroatoms. The van der Waals surface area contributed by atoms with Gasteiger partial charge in [0.1, 0.15) is 11.5 Å². The molecule has 0 aliphatic carbocycles. The van der Waals surface area contributed by atoms with E-state index in [1.54, 1.807) is 24.6 Å². The lowest BCUT2D eigenvalue weighted by molar-refractivity contribution is 0.502. The van der Waals surface area contributed by atoms with Crippen molar-refractivity contribution in [1.82, 2.24) is 0 Å². The summed E-state index contributed by atoms with van der Waals surface area (Å²) in [5, 5.41) is 17.1. The molecule has 110 valence electrons. The van der Waals surface area contributed by atoms with Crippen molar-refractivity contribution in [3.8, 4) is 24.0 Å². The largest absolute Gasteiger partial charge is 0.388 e. The molecule has 0 aliphatic rings. The fraction of sp³-hybridized carbons (Fsp3) is 0.222. The SMILES string of the molecule is CC(Cc1cccc(OC#N)c1)Cc1cccc(OC#N)c1. The van der Waals surface area contributed by atoms with Gasteiger partial charge in [-0.15, -0.1) is 10.5 Å². The van der Waals surface area contributed by atoms with Crippen LogP contribution in [-0.2, 0) is 12.8 Å². The van der Waals surface area contributed by atoms with Crippen LogP contribution in [0.2, 0.25) is 0 Å². The third kappa shape index (κ3) is 4.54. The Balaban J connectivity index is 1.99. The van der Waals surface area contributed by atoms with E-state index in [2.05, 4.69) is 6.92 Å². The van der Waals surface area contributed by atoms with Gasteiger partial charge in [-0.2, -0.15) is 0 Å². The third-order valence-electron chi connectivity index (χ3n) is 3.29. The van der Waals surface area contributed by atoms with Crippen molar-refractivity contribution >= 4 is 0 Å². The number of hydrogen-bond acceptors (Lipinski definition) is 4. The van der Waals surface area contributed by atoms with E-state index in [-0.39, 0.29) is 0 Å². The van der Waals surface area contributed by atoms with Gasteiger partial charge in [-0.3, -0.25) is 0 Å². The minimum absolute atomic E-state index is 0.412. The molecule has 0 radical (unpaired) electrons. The van der Waals surface area contributed by atoms with Crippen molar-refractivity contribution in [2.75, 3.05) is 0 Å². The van der Waals surface area contributed by atoms with Gasteiger partial charge in [0.2, 0.25) is 0 Å². The van der Waals surface area contributed by atoms with E-state index in [9.17, 15) is 0 Å². The molecule has 0 spiro atoms. The summed E-state index contributed by atoms with van der Waals surface area (Å²) in [6.07, 6.45) is 5.13. The van der Waals surface area contributed by atoms with E-state index in [0.29, 0.717) is 17.4 Å². The van der Waals surface area contributed by atoms with Crippen LogP contribution in [0.15, 0.2) is 48.5 Å². The molecule has 0 N–H and O–H groups in total. The second-order valence-corrected chi connectivity index (χ2v) is 5.19. The average Bonchev–Trinajstić information content (AvgIpc) is 2.48. The van der Waals surface area contributed by atoms with Crippen LogP contribution in [0.5, 0.6) is 11.5 Å². The summed E-state index contributed by atoms with van der Waals surface area (Å²) in [4.78, 5) is 0. The maximum atomic E-state index is 8.55. The summed E-state index contributed by atoms with van der Waals surface area (Å²) in [6, 6.07) is 15.1. The number of ether oxygens (including phenoxy) is 2. The normalized spacial score (nSPS) is 9.82. The van der Waals surface area contributed by atoms with Crippen LogP contribution in [0, 0.1) is 29.0 Å². The molecule has 0 aromatic heterocycles. The second kappa shape index (κ2) is 7.71. The van der Waals surface area contributed by atoms with Gasteiger partial charge in [0.15, 0.2) is 0 Å².